The van der Waals surface area contributed by atoms with Crippen molar-refractivity contribution in [3.8, 4) is 5.75 Å². The lowest BCUT2D eigenvalue weighted by atomic mass is 10.00. The number of benzene rings is 3. The molecule has 1 N–H and O–H groups in total. The third kappa shape index (κ3) is 5.43. The minimum atomic E-state index is -0.595. The van der Waals surface area contributed by atoms with Gasteiger partial charge in [0, 0.05) is 19.2 Å². The average Bonchev–Trinajstić information content (AvgIpc) is 2.77. The van der Waals surface area contributed by atoms with Crippen LogP contribution in [0.5, 0.6) is 5.75 Å². The lowest BCUT2D eigenvalue weighted by Gasteiger charge is -2.27. The van der Waals surface area contributed by atoms with Gasteiger partial charge in [-0.25, -0.2) is 0 Å². The molecule has 31 heavy (non-hydrogen) atoms. The summed E-state index contributed by atoms with van der Waals surface area (Å²) in [5.74, 6) is 0.425. The second kappa shape index (κ2) is 10.1. The summed E-state index contributed by atoms with van der Waals surface area (Å²) in [6.07, 6.45) is 0.230. The molecule has 0 radical (unpaired) electrons. The zero-order valence-corrected chi connectivity index (χ0v) is 18.6. The molecule has 0 bridgehead atoms. The van der Waals surface area contributed by atoms with Crippen molar-refractivity contribution < 1.29 is 14.3 Å². The van der Waals surface area contributed by atoms with Crippen LogP contribution in [0.3, 0.4) is 0 Å². The molecule has 5 nitrogen and oxygen atoms in total. The van der Waals surface area contributed by atoms with Crippen LogP contribution < -0.4 is 10.1 Å². The van der Waals surface area contributed by atoms with E-state index in [2.05, 4.69) is 5.32 Å². The molecule has 0 aliphatic rings. The van der Waals surface area contributed by atoms with Crippen LogP contribution in [0, 0.1) is 5.92 Å². The van der Waals surface area contributed by atoms with Crippen molar-refractivity contribution >= 4 is 22.6 Å². The Morgan fingerprint density at radius 1 is 0.935 bits per heavy atom. The minimum absolute atomic E-state index is 0.0379. The van der Waals surface area contributed by atoms with Gasteiger partial charge >= 0.3 is 0 Å². The predicted molar refractivity (Wildman–Crippen MR) is 124 cm³/mol. The Balaban J connectivity index is 1.71. The number of likely N-dealkylation sites (N-methyl/N-ethyl adjacent to an activating group) is 1. The van der Waals surface area contributed by atoms with Gasteiger partial charge in [-0.05, 0) is 28.3 Å². The Bertz CT molecular complexity index is 1060. The number of hydrogen-bond acceptors (Lipinski definition) is 3. The zero-order valence-electron chi connectivity index (χ0n) is 18.6. The second-order valence-corrected chi connectivity index (χ2v) is 8.11. The van der Waals surface area contributed by atoms with Gasteiger partial charge in [0.05, 0.1) is 13.5 Å². The number of carbonyl (C=O) groups excluding carboxylic acids is 2. The van der Waals surface area contributed by atoms with E-state index in [0.717, 1.165) is 27.6 Å². The van der Waals surface area contributed by atoms with Gasteiger partial charge in [-0.3, -0.25) is 9.59 Å². The Kier molecular flexibility index (Phi) is 7.29. The fraction of sp³-hybridized carbons (Fsp3) is 0.308. The van der Waals surface area contributed by atoms with E-state index < -0.39 is 6.04 Å². The fourth-order valence-corrected chi connectivity index (χ4v) is 3.76. The molecule has 0 aliphatic heterocycles. The molecular weight excluding hydrogens is 388 g/mol. The molecule has 0 fully saturated rings. The normalized spacial score (nSPS) is 11.9. The topological polar surface area (TPSA) is 58.6 Å². The van der Waals surface area contributed by atoms with E-state index in [1.165, 1.54) is 0 Å². The molecule has 0 unspecified atom stereocenters. The zero-order chi connectivity index (χ0) is 22.4. The summed E-state index contributed by atoms with van der Waals surface area (Å²) in [4.78, 5) is 27.7. The van der Waals surface area contributed by atoms with Crippen molar-refractivity contribution in [1.82, 2.24) is 10.2 Å². The molecule has 162 valence electrons. The molecule has 0 saturated heterocycles. The summed E-state index contributed by atoms with van der Waals surface area (Å²) >= 11 is 0. The minimum Gasteiger partial charge on any atom is -0.496 e. The van der Waals surface area contributed by atoms with Crippen LogP contribution in [0.25, 0.3) is 10.8 Å². The molecular formula is C26H30N2O3. The van der Waals surface area contributed by atoms with Crippen LogP contribution >= 0.6 is 0 Å². The maximum Gasteiger partial charge on any atom is 0.245 e. The Morgan fingerprint density at radius 2 is 1.58 bits per heavy atom. The van der Waals surface area contributed by atoms with Crippen molar-refractivity contribution in [2.45, 2.75) is 32.9 Å². The number of nitrogens with zero attached hydrogens (tertiary/aromatic N) is 1. The standard InChI is InChI=1S/C26H30N2O3/c1-18(2)25(26(30)28(3)17-21-11-6-8-15-23(21)31-4)27-24(29)16-20-13-9-12-19-10-5-7-14-22(19)20/h5-15,18,25H,16-17H2,1-4H3,(H,27,29)/t25-/m0/s1. The number of rotatable bonds is 8. The van der Waals surface area contributed by atoms with Crippen LogP contribution in [0.15, 0.2) is 66.7 Å². The van der Waals surface area contributed by atoms with Crippen LogP contribution in [0.4, 0.5) is 0 Å². The van der Waals surface area contributed by atoms with Gasteiger partial charge in [-0.1, -0.05) is 74.5 Å². The highest BCUT2D eigenvalue weighted by molar-refractivity contribution is 5.92. The SMILES string of the molecule is COc1ccccc1CN(C)C(=O)[C@@H](NC(=O)Cc1cccc2ccccc12)C(C)C. The van der Waals surface area contributed by atoms with Crippen molar-refractivity contribution in [2.24, 2.45) is 5.92 Å². The highest BCUT2D eigenvalue weighted by Crippen LogP contribution is 2.21. The van der Waals surface area contributed by atoms with Gasteiger partial charge in [-0.2, -0.15) is 0 Å². The maximum atomic E-state index is 13.2. The predicted octanol–water partition coefficient (Wildman–Crippen LogP) is 4.19. The number of methoxy groups -OCH3 is 1. The Morgan fingerprint density at radius 3 is 2.32 bits per heavy atom. The van der Waals surface area contributed by atoms with Crippen LogP contribution in [-0.2, 0) is 22.6 Å². The summed E-state index contributed by atoms with van der Waals surface area (Å²) in [6.45, 7) is 4.29. The molecule has 3 aromatic rings. The number of nitrogens with one attached hydrogen (secondary N) is 1. The molecule has 0 heterocycles. The van der Waals surface area contributed by atoms with Crippen molar-refractivity contribution in [1.29, 1.82) is 0 Å². The monoisotopic (exact) mass is 418 g/mol. The molecule has 3 aromatic carbocycles. The van der Waals surface area contributed by atoms with E-state index in [0.29, 0.717) is 6.54 Å². The van der Waals surface area contributed by atoms with Crippen LogP contribution in [0.1, 0.15) is 25.0 Å². The molecule has 0 aromatic heterocycles. The van der Waals surface area contributed by atoms with Gasteiger partial charge < -0.3 is 15.0 Å². The average molecular weight is 419 g/mol. The summed E-state index contributed by atoms with van der Waals surface area (Å²) < 4.78 is 5.39. The molecule has 0 spiro atoms. The van der Waals surface area contributed by atoms with Crippen molar-refractivity contribution in [3.63, 3.8) is 0 Å². The Hall–Kier alpha value is -3.34. The van der Waals surface area contributed by atoms with E-state index in [9.17, 15) is 9.59 Å². The van der Waals surface area contributed by atoms with Crippen molar-refractivity contribution in [2.75, 3.05) is 14.2 Å². The van der Waals surface area contributed by atoms with Gasteiger partial charge in [-0.15, -0.1) is 0 Å². The number of fused-ring (bicyclic) bond motifs is 1. The molecule has 0 aliphatic carbocycles. The third-order valence-electron chi connectivity index (χ3n) is 5.46. The van der Waals surface area contributed by atoms with E-state index in [1.54, 1.807) is 19.1 Å². The first-order chi connectivity index (χ1) is 14.9. The van der Waals surface area contributed by atoms with Gasteiger partial charge in [0.2, 0.25) is 11.8 Å². The highest BCUT2D eigenvalue weighted by Gasteiger charge is 2.27. The van der Waals surface area contributed by atoms with Gasteiger partial charge in [0.15, 0.2) is 0 Å². The maximum absolute atomic E-state index is 13.2. The highest BCUT2D eigenvalue weighted by atomic mass is 16.5. The summed E-state index contributed by atoms with van der Waals surface area (Å²) in [7, 11) is 3.37. The van der Waals surface area contributed by atoms with Gasteiger partial charge in [0.25, 0.3) is 0 Å². The van der Waals surface area contributed by atoms with E-state index in [1.807, 2.05) is 80.6 Å². The molecule has 0 saturated carbocycles. The largest absolute Gasteiger partial charge is 0.496 e. The third-order valence-corrected chi connectivity index (χ3v) is 5.46. The first-order valence-corrected chi connectivity index (χ1v) is 10.5. The first-order valence-electron chi connectivity index (χ1n) is 10.5. The lowest BCUT2D eigenvalue weighted by Crippen LogP contribution is -2.50. The Labute approximate surface area is 184 Å². The summed E-state index contributed by atoms with van der Waals surface area (Å²) in [5, 5.41) is 5.12. The molecule has 2 amide bonds. The second-order valence-electron chi connectivity index (χ2n) is 8.11. The van der Waals surface area contributed by atoms with Crippen LogP contribution in [0.2, 0.25) is 0 Å². The molecule has 1 atom stereocenters. The number of hydrogen-bond donors (Lipinski definition) is 1. The van der Waals surface area contributed by atoms with E-state index in [-0.39, 0.29) is 24.2 Å². The number of amides is 2. The first kappa shape index (κ1) is 22.3. The smallest absolute Gasteiger partial charge is 0.245 e. The van der Waals surface area contributed by atoms with E-state index in [4.69, 9.17) is 4.74 Å². The fourth-order valence-electron chi connectivity index (χ4n) is 3.76. The lowest BCUT2D eigenvalue weighted by molar-refractivity contribution is -0.136. The summed E-state index contributed by atoms with van der Waals surface area (Å²) in [5.41, 5.74) is 1.87. The van der Waals surface area contributed by atoms with Crippen LogP contribution in [-0.4, -0.2) is 36.9 Å². The molecule has 5 heteroatoms. The number of para-hydroxylation sites is 1. The van der Waals surface area contributed by atoms with E-state index >= 15 is 0 Å². The van der Waals surface area contributed by atoms with Gasteiger partial charge in [0.1, 0.15) is 11.8 Å². The quantitative estimate of drug-likeness (QED) is 0.597. The number of ether oxygens (including phenoxy) is 1. The number of carbonyl (C=O) groups is 2. The molecule has 3 rings (SSSR count). The van der Waals surface area contributed by atoms with Crippen molar-refractivity contribution in [3.05, 3.63) is 77.9 Å². The summed E-state index contributed by atoms with van der Waals surface area (Å²) in [6, 6.07) is 21.0.